The first-order valence-corrected chi connectivity index (χ1v) is 9.60. The fourth-order valence-corrected chi connectivity index (χ4v) is 3.34. The summed E-state index contributed by atoms with van der Waals surface area (Å²) >= 11 is 0. The van der Waals surface area contributed by atoms with Crippen LogP contribution < -0.4 is 21.3 Å². The molecule has 0 radical (unpaired) electrons. The normalized spacial score (nSPS) is 16.7. The van der Waals surface area contributed by atoms with E-state index in [2.05, 4.69) is 15.6 Å². The largest absolute Gasteiger partial charge is 0.367 e. The monoisotopic (exact) mass is 401 g/mol. The van der Waals surface area contributed by atoms with Crippen molar-refractivity contribution in [1.29, 1.82) is 0 Å². The van der Waals surface area contributed by atoms with E-state index in [-0.39, 0.29) is 6.04 Å². The predicted molar refractivity (Wildman–Crippen MR) is 110 cm³/mol. The SMILES string of the molecule is CCNC(=NCc1cccc(C(N)=O)c1)NC1CCN(c2ccc(F)cc2F)C1. The molecule has 0 aromatic heterocycles. The molecule has 0 aliphatic carbocycles. The summed E-state index contributed by atoms with van der Waals surface area (Å²) in [5, 5.41) is 6.56. The highest BCUT2D eigenvalue weighted by Gasteiger charge is 2.25. The number of nitrogens with two attached hydrogens (primary N) is 1. The molecule has 1 fully saturated rings. The topological polar surface area (TPSA) is 82.7 Å². The Labute approximate surface area is 168 Å². The van der Waals surface area contributed by atoms with E-state index in [1.807, 2.05) is 17.9 Å². The van der Waals surface area contributed by atoms with E-state index in [4.69, 9.17) is 5.73 Å². The van der Waals surface area contributed by atoms with Crippen LogP contribution in [0.1, 0.15) is 29.3 Å². The summed E-state index contributed by atoms with van der Waals surface area (Å²) in [5.41, 5.74) is 7.05. The second-order valence-electron chi connectivity index (χ2n) is 6.93. The fraction of sp³-hybridized carbons (Fsp3) is 0.333. The Hall–Kier alpha value is -3.16. The van der Waals surface area contributed by atoms with E-state index >= 15 is 0 Å². The summed E-state index contributed by atoms with van der Waals surface area (Å²) in [5.74, 6) is -0.967. The zero-order valence-corrected chi connectivity index (χ0v) is 16.3. The first-order chi connectivity index (χ1) is 14.0. The van der Waals surface area contributed by atoms with Gasteiger partial charge in [-0.2, -0.15) is 0 Å². The van der Waals surface area contributed by atoms with Crippen LogP contribution in [0.4, 0.5) is 14.5 Å². The van der Waals surface area contributed by atoms with Crippen LogP contribution in [0.5, 0.6) is 0 Å². The third-order valence-electron chi connectivity index (χ3n) is 4.75. The van der Waals surface area contributed by atoms with E-state index in [1.54, 1.807) is 18.2 Å². The number of amides is 1. The van der Waals surface area contributed by atoms with Crippen LogP contribution in [-0.4, -0.2) is 37.5 Å². The van der Waals surface area contributed by atoms with Crippen molar-refractivity contribution in [3.63, 3.8) is 0 Å². The van der Waals surface area contributed by atoms with Crippen LogP contribution in [0.3, 0.4) is 0 Å². The molecule has 1 saturated heterocycles. The van der Waals surface area contributed by atoms with E-state index in [1.165, 1.54) is 12.1 Å². The maximum absolute atomic E-state index is 14.0. The first kappa shape index (κ1) is 20.6. The molecule has 0 saturated carbocycles. The minimum Gasteiger partial charge on any atom is -0.367 e. The maximum Gasteiger partial charge on any atom is 0.248 e. The third kappa shape index (κ3) is 5.43. The molecule has 1 aliphatic rings. The smallest absolute Gasteiger partial charge is 0.248 e. The van der Waals surface area contributed by atoms with Gasteiger partial charge in [0, 0.05) is 37.3 Å². The molecule has 1 atom stereocenters. The molecule has 0 spiro atoms. The quantitative estimate of drug-likeness (QED) is 0.513. The summed E-state index contributed by atoms with van der Waals surface area (Å²) in [6.07, 6.45) is 0.804. The molecule has 1 heterocycles. The lowest BCUT2D eigenvalue weighted by Crippen LogP contribution is -2.44. The van der Waals surface area contributed by atoms with Crippen LogP contribution in [0, 0.1) is 11.6 Å². The number of carbonyl (C=O) groups is 1. The molecule has 3 rings (SSSR count). The van der Waals surface area contributed by atoms with E-state index in [0.29, 0.717) is 43.4 Å². The Balaban J connectivity index is 1.64. The molecule has 0 bridgehead atoms. The van der Waals surface area contributed by atoms with Crippen LogP contribution in [0.2, 0.25) is 0 Å². The van der Waals surface area contributed by atoms with Crippen LogP contribution in [0.25, 0.3) is 0 Å². The Morgan fingerprint density at radius 2 is 2.10 bits per heavy atom. The second-order valence-corrected chi connectivity index (χ2v) is 6.93. The number of halogens is 2. The lowest BCUT2D eigenvalue weighted by molar-refractivity contribution is 0.1000. The Kier molecular flexibility index (Phi) is 6.64. The van der Waals surface area contributed by atoms with Gasteiger partial charge in [0.2, 0.25) is 5.91 Å². The Bertz CT molecular complexity index is 902. The zero-order chi connectivity index (χ0) is 20.8. The number of hydrogen-bond acceptors (Lipinski definition) is 3. The number of carbonyl (C=O) groups excluding carboxylic acids is 1. The minimum atomic E-state index is -0.581. The van der Waals surface area contributed by atoms with E-state index in [0.717, 1.165) is 18.1 Å². The van der Waals surface area contributed by atoms with Crippen molar-refractivity contribution in [2.75, 3.05) is 24.5 Å². The zero-order valence-electron chi connectivity index (χ0n) is 16.3. The standard InChI is InChI=1S/C21H25F2N5O/c1-2-25-21(26-12-14-4-3-5-15(10-14)20(24)29)27-17-8-9-28(13-17)19-7-6-16(22)11-18(19)23/h3-7,10-11,17H,2,8-9,12-13H2,1H3,(H2,24,29)(H2,25,26,27). The summed E-state index contributed by atoms with van der Waals surface area (Å²) in [4.78, 5) is 17.8. The van der Waals surface area contributed by atoms with Crippen LogP contribution >= 0.6 is 0 Å². The molecule has 1 amide bonds. The number of anilines is 1. The lowest BCUT2D eigenvalue weighted by atomic mass is 10.1. The van der Waals surface area contributed by atoms with Crippen molar-refractivity contribution in [3.05, 3.63) is 65.2 Å². The van der Waals surface area contributed by atoms with Gasteiger partial charge in [-0.25, -0.2) is 13.8 Å². The van der Waals surface area contributed by atoms with Crippen molar-refractivity contribution in [2.45, 2.75) is 25.9 Å². The van der Waals surface area contributed by atoms with Gasteiger partial charge < -0.3 is 21.3 Å². The van der Waals surface area contributed by atoms with Gasteiger partial charge in [0.1, 0.15) is 11.6 Å². The first-order valence-electron chi connectivity index (χ1n) is 9.60. The second kappa shape index (κ2) is 9.36. The Morgan fingerprint density at radius 3 is 2.83 bits per heavy atom. The van der Waals surface area contributed by atoms with Gasteiger partial charge in [-0.1, -0.05) is 12.1 Å². The van der Waals surface area contributed by atoms with Crippen LogP contribution in [0.15, 0.2) is 47.5 Å². The van der Waals surface area contributed by atoms with Gasteiger partial charge in [-0.15, -0.1) is 0 Å². The molecule has 2 aromatic carbocycles. The predicted octanol–water partition coefficient (Wildman–Crippen LogP) is 2.40. The van der Waals surface area contributed by atoms with Crippen molar-refractivity contribution in [1.82, 2.24) is 10.6 Å². The van der Waals surface area contributed by atoms with Gasteiger partial charge in [-0.3, -0.25) is 4.79 Å². The van der Waals surface area contributed by atoms with Crippen molar-refractivity contribution >= 4 is 17.6 Å². The summed E-state index contributed by atoms with van der Waals surface area (Å²) in [6, 6.07) is 10.8. The average molecular weight is 401 g/mol. The summed E-state index contributed by atoms with van der Waals surface area (Å²) in [7, 11) is 0. The number of hydrogen-bond donors (Lipinski definition) is 3. The molecule has 154 valence electrons. The molecule has 1 aliphatic heterocycles. The van der Waals surface area contributed by atoms with Crippen LogP contribution in [-0.2, 0) is 6.54 Å². The minimum absolute atomic E-state index is 0.0780. The molecular formula is C21H25F2N5O. The molecule has 2 aromatic rings. The number of rotatable bonds is 6. The van der Waals surface area contributed by atoms with Gasteiger partial charge in [0.15, 0.2) is 5.96 Å². The number of nitrogens with one attached hydrogen (secondary N) is 2. The van der Waals surface area contributed by atoms with Gasteiger partial charge >= 0.3 is 0 Å². The molecule has 6 nitrogen and oxygen atoms in total. The summed E-state index contributed by atoms with van der Waals surface area (Å²) < 4.78 is 27.2. The van der Waals surface area contributed by atoms with E-state index < -0.39 is 17.5 Å². The van der Waals surface area contributed by atoms with Crippen molar-refractivity contribution in [2.24, 2.45) is 10.7 Å². The molecule has 8 heteroatoms. The number of aliphatic imine (C=N–C) groups is 1. The fourth-order valence-electron chi connectivity index (χ4n) is 3.34. The lowest BCUT2D eigenvalue weighted by Gasteiger charge is -2.21. The summed E-state index contributed by atoms with van der Waals surface area (Å²) in [6.45, 7) is 4.31. The average Bonchev–Trinajstić information content (AvgIpc) is 3.14. The molecule has 29 heavy (non-hydrogen) atoms. The van der Waals surface area contributed by atoms with Gasteiger partial charge in [-0.05, 0) is 43.2 Å². The number of nitrogens with zero attached hydrogens (tertiary/aromatic N) is 2. The van der Waals surface area contributed by atoms with E-state index in [9.17, 15) is 13.6 Å². The number of primary amides is 1. The number of benzene rings is 2. The highest BCUT2D eigenvalue weighted by atomic mass is 19.1. The van der Waals surface area contributed by atoms with Gasteiger partial charge in [0.25, 0.3) is 0 Å². The molecule has 1 unspecified atom stereocenters. The number of guanidine groups is 1. The highest BCUT2D eigenvalue weighted by Crippen LogP contribution is 2.24. The third-order valence-corrected chi connectivity index (χ3v) is 4.75. The van der Waals surface area contributed by atoms with Crippen molar-refractivity contribution in [3.8, 4) is 0 Å². The molecular weight excluding hydrogens is 376 g/mol. The van der Waals surface area contributed by atoms with Gasteiger partial charge in [0.05, 0.1) is 12.2 Å². The molecule has 4 N–H and O–H groups in total. The highest BCUT2D eigenvalue weighted by molar-refractivity contribution is 5.92. The maximum atomic E-state index is 14.0. The Morgan fingerprint density at radius 1 is 1.28 bits per heavy atom. The van der Waals surface area contributed by atoms with Crippen molar-refractivity contribution < 1.29 is 13.6 Å².